The molecule has 0 unspecified atom stereocenters. The van der Waals surface area contributed by atoms with Crippen LogP contribution in [0.3, 0.4) is 0 Å². The zero-order chi connectivity index (χ0) is 14.1. The molecule has 4 heteroatoms. The van der Waals surface area contributed by atoms with Crippen molar-refractivity contribution < 1.29 is 0 Å². The normalized spacial score (nSPS) is 11.5. The van der Waals surface area contributed by atoms with E-state index in [-0.39, 0.29) is 0 Å². The third-order valence-corrected chi connectivity index (χ3v) is 3.42. The smallest absolute Gasteiger partial charge is 0.0547 e. The second-order valence-corrected chi connectivity index (χ2v) is 6.36. The quantitative estimate of drug-likeness (QED) is 0.753. The summed E-state index contributed by atoms with van der Waals surface area (Å²) in [4.78, 5) is 7.03. The van der Waals surface area contributed by atoms with Gasteiger partial charge in [0, 0.05) is 25.4 Å². The molecule has 0 amide bonds. The fourth-order valence-electron chi connectivity index (χ4n) is 1.81. The number of nitrogens with zero attached hydrogens (tertiary/aromatic N) is 2. The minimum atomic E-state index is 0.681. The summed E-state index contributed by atoms with van der Waals surface area (Å²) < 4.78 is 0. The van der Waals surface area contributed by atoms with Crippen molar-refractivity contribution >= 4 is 11.8 Å². The van der Waals surface area contributed by atoms with Gasteiger partial charge in [0.05, 0.1) is 11.4 Å². The number of pyridine rings is 1. The molecule has 0 saturated heterocycles. The van der Waals surface area contributed by atoms with Gasteiger partial charge in [-0.3, -0.25) is 9.88 Å². The van der Waals surface area contributed by atoms with E-state index in [0.29, 0.717) is 5.92 Å². The van der Waals surface area contributed by atoms with Crippen LogP contribution in [0.2, 0.25) is 0 Å². The van der Waals surface area contributed by atoms with Crippen molar-refractivity contribution in [2.45, 2.75) is 26.9 Å². The van der Waals surface area contributed by atoms with Crippen molar-refractivity contribution in [3.05, 3.63) is 29.6 Å². The standard InChI is InChI=1S/C15H27N3S/c1-13(2)10-16-11-14-6-5-7-15(17-14)12-18(3)8-9-19-4/h5-7,13,16H,8-12H2,1-4H3. The molecule has 0 fully saturated rings. The summed E-state index contributed by atoms with van der Waals surface area (Å²) >= 11 is 1.89. The molecule has 3 nitrogen and oxygen atoms in total. The van der Waals surface area contributed by atoms with Gasteiger partial charge in [-0.15, -0.1) is 0 Å². The van der Waals surface area contributed by atoms with Crippen LogP contribution in [0.1, 0.15) is 25.2 Å². The van der Waals surface area contributed by atoms with E-state index in [1.54, 1.807) is 0 Å². The van der Waals surface area contributed by atoms with Crippen LogP contribution in [0.25, 0.3) is 0 Å². The minimum Gasteiger partial charge on any atom is -0.311 e. The molecule has 1 rings (SSSR count). The van der Waals surface area contributed by atoms with E-state index < -0.39 is 0 Å². The van der Waals surface area contributed by atoms with E-state index in [0.717, 1.165) is 37.6 Å². The molecule has 0 aliphatic heterocycles. The number of hydrogen-bond acceptors (Lipinski definition) is 4. The van der Waals surface area contributed by atoms with Crippen molar-refractivity contribution in [2.75, 3.05) is 32.1 Å². The lowest BCUT2D eigenvalue weighted by Gasteiger charge is -2.16. The molecule has 0 aliphatic rings. The Labute approximate surface area is 122 Å². The van der Waals surface area contributed by atoms with Crippen LogP contribution in [-0.4, -0.2) is 42.0 Å². The molecule has 0 saturated carbocycles. The van der Waals surface area contributed by atoms with E-state index in [4.69, 9.17) is 4.98 Å². The van der Waals surface area contributed by atoms with Crippen molar-refractivity contribution in [3.8, 4) is 0 Å². The first-order chi connectivity index (χ1) is 9.11. The number of nitrogens with one attached hydrogen (secondary N) is 1. The molecule has 0 aliphatic carbocycles. The highest BCUT2D eigenvalue weighted by molar-refractivity contribution is 7.98. The molecule has 0 aromatic carbocycles. The van der Waals surface area contributed by atoms with Gasteiger partial charge in [0.15, 0.2) is 0 Å². The third-order valence-electron chi connectivity index (χ3n) is 2.83. The summed E-state index contributed by atoms with van der Waals surface area (Å²) in [7, 11) is 2.15. The fourth-order valence-corrected chi connectivity index (χ4v) is 2.30. The van der Waals surface area contributed by atoms with Gasteiger partial charge in [0.1, 0.15) is 0 Å². The molecule has 0 atom stereocenters. The van der Waals surface area contributed by atoms with Crippen LogP contribution >= 0.6 is 11.8 Å². The highest BCUT2D eigenvalue weighted by Crippen LogP contribution is 2.04. The highest BCUT2D eigenvalue weighted by Gasteiger charge is 2.03. The Kier molecular flexibility index (Phi) is 8.10. The lowest BCUT2D eigenvalue weighted by molar-refractivity contribution is 0.344. The fraction of sp³-hybridized carbons (Fsp3) is 0.667. The van der Waals surface area contributed by atoms with Crippen LogP contribution in [0, 0.1) is 5.92 Å². The molecule has 0 radical (unpaired) electrons. The van der Waals surface area contributed by atoms with Gasteiger partial charge in [0.2, 0.25) is 0 Å². The molecule has 1 heterocycles. The van der Waals surface area contributed by atoms with E-state index >= 15 is 0 Å². The molecule has 108 valence electrons. The number of aromatic nitrogens is 1. The molecule has 0 spiro atoms. The molecule has 1 aromatic heterocycles. The largest absolute Gasteiger partial charge is 0.311 e. The summed E-state index contributed by atoms with van der Waals surface area (Å²) in [6.07, 6.45) is 2.15. The Morgan fingerprint density at radius 1 is 1.32 bits per heavy atom. The lowest BCUT2D eigenvalue weighted by Crippen LogP contribution is -2.22. The SMILES string of the molecule is CSCCN(C)Cc1cccc(CNCC(C)C)n1. The van der Waals surface area contributed by atoms with Gasteiger partial charge >= 0.3 is 0 Å². The first-order valence-corrected chi connectivity index (χ1v) is 8.34. The van der Waals surface area contributed by atoms with Crippen LogP contribution in [0.4, 0.5) is 0 Å². The topological polar surface area (TPSA) is 28.2 Å². The van der Waals surface area contributed by atoms with Gasteiger partial charge in [-0.25, -0.2) is 0 Å². The molecular formula is C15H27N3S. The first kappa shape index (κ1) is 16.5. The molecule has 1 N–H and O–H groups in total. The van der Waals surface area contributed by atoms with Crippen LogP contribution < -0.4 is 5.32 Å². The summed E-state index contributed by atoms with van der Waals surface area (Å²) in [6, 6.07) is 6.32. The highest BCUT2D eigenvalue weighted by atomic mass is 32.2. The first-order valence-electron chi connectivity index (χ1n) is 6.94. The van der Waals surface area contributed by atoms with Gasteiger partial charge < -0.3 is 5.32 Å². The Hall–Kier alpha value is -0.580. The predicted octanol–water partition coefficient (Wildman–Crippen LogP) is 2.62. The van der Waals surface area contributed by atoms with E-state index in [2.05, 4.69) is 55.6 Å². The summed E-state index contributed by atoms with van der Waals surface area (Å²) in [5.74, 6) is 1.85. The number of thioether (sulfide) groups is 1. The summed E-state index contributed by atoms with van der Waals surface area (Å²) in [6.45, 7) is 8.38. The summed E-state index contributed by atoms with van der Waals surface area (Å²) in [5.41, 5.74) is 2.30. The van der Waals surface area contributed by atoms with Crippen molar-refractivity contribution in [1.82, 2.24) is 15.2 Å². The molecule has 1 aromatic rings. The second kappa shape index (κ2) is 9.34. The van der Waals surface area contributed by atoms with Crippen LogP contribution in [0.15, 0.2) is 18.2 Å². The Balaban J connectivity index is 2.42. The average molecular weight is 281 g/mol. The monoisotopic (exact) mass is 281 g/mol. The maximum absolute atomic E-state index is 4.71. The van der Waals surface area contributed by atoms with Gasteiger partial charge in [-0.2, -0.15) is 11.8 Å². The van der Waals surface area contributed by atoms with Gasteiger partial charge in [0.25, 0.3) is 0 Å². The predicted molar refractivity (Wildman–Crippen MR) is 85.5 cm³/mol. The van der Waals surface area contributed by atoms with Gasteiger partial charge in [-0.1, -0.05) is 19.9 Å². The van der Waals surface area contributed by atoms with Crippen LogP contribution in [-0.2, 0) is 13.1 Å². The molecular weight excluding hydrogens is 254 g/mol. The van der Waals surface area contributed by atoms with Crippen LogP contribution in [0.5, 0.6) is 0 Å². The third kappa shape index (κ3) is 7.55. The maximum Gasteiger partial charge on any atom is 0.0547 e. The Morgan fingerprint density at radius 2 is 2.05 bits per heavy atom. The van der Waals surface area contributed by atoms with Crippen molar-refractivity contribution in [2.24, 2.45) is 5.92 Å². The number of hydrogen-bond donors (Lipinski definition) is 1. The van der Waals surface area contributed by atoms with E-state index in [9.17, 15) is 0 Å². The Morgan fingerprint density at radius 3 is 2.74 bits per heavy atom. The number of rotatable bonds is 9. The average Bonchev–Trinajstić information content (AvgIpc) is 2.36. The Bertz CT molecular complexity index is 355. The minimum absolute atomic E-state index is 0.681. The van der Waals surface area contributed by atoms with E-state index in [1.807, 2.05) is 11.8 Å². The molecule has 19 heavy (non-hydrogen) atoms. The zero-order valence-electron chi connectivity index (χ0n) is 12.6. The van der Waals surface area contributed by atoms with Crippen molar-refractivity contribution in [1.29, 1.82) is 0 Å². The summed E-state index contributed by atoms with van der Waals surface area (Å²) in [5, 5.41) is 3.44. The van der Waals surface area contributed by atoms with Crippen molar-refractivity contribution in [3.63, 3.8) is 0 Å². The zero-order valence-corrected chi connectivity index (χ0v) is 13.5. The van der Waals surface area contributed by atoms with Gasteiger partial charge in [-0.05, 0) is 37.9 Å². The molecule has 0 bridgehead atoms. The maximum atomic E-state index is 4.71. The lowest BCUT2D eigenvalue weighted by atomic mass is 10.2. The van der Waals surface area contributed by atoms with E-state index in [1.165, 1.54) is 5.75 Å². The second-order valence-electron chi connectivity index (χ2n) is 5.38.